The maximum absolute atomic E-state index is 15.3. The first-order chi connectivity index (χ1) is 17.0. The summed E-state index contributed by atoms with van der Waals surface area (Å²) in [5, 5.41) is 16.1. The van der Waals surface area contributed by atoms with Gasteiger partial charge in [0.1, 0.15) is 11.3 Å². The highest BCUT2D eigenvalue weighted by molar-refractivity contribution is 5.93. The summed E-state index contributed by atoms with van der Waals surface area (Å²) in [4.78, 5) is 17.6. The van der Waals surface area contributed by atoms with Gasteiger partial charge in [-0.1, -0.05) is 0 Å². The Labute approximate surface area is 200 Å². The van der Waals surface area contributed by atoms with Gasteiger partial charge in [-0.2, -0.15) is 13.9 Å². The second-order valence-electron chi connectivity index (χ2n) is 8.53. The average molecular weight is 506 g/mol. The summed E-state index contributed by atoms with van der Waals surface area (Å²) in [7, 11) is 0. The molecular weight excluding hydrogens is 487 g/mol. The Balaban J connectivity index is 1.48. The third-order valence-electron chi connectivity index (χ3n) is 5.46. The highest BCUT2D eigenvalue weighted by Gasteiger charge is 2.44. The quantitative estimate of drug-likeness (QED) is 0.331. The first-order valence-electron chi connectivity index (χ1n) is 10.7. The molecule has 1 aliphatic rings. The van der Waals surface area contributed by atoms with Crippen molar-refractivity contribution in [3.05, 3.63) is 65.5 Å². The molecule has 0 aliphatic carbocycles. The van der Waals surface area contributed by atoms with Crippen molar-refractivity contribution in [3.8, 4) is 0 Å². The van der Waals surface area contributed by atoms with Crippen LogP contribution in [0.3, 0.4) is 0 Å². The number of carbonyl (C=O) groups excluding carboxylic acids is 1. The number of likely N-dealkylation sites (tertiary alicyclic amines) is 1. The molecule has 36 heavy (non-hydrogen) atoms. The summed E-state index contributed by atoms with van der Waals surface area (Å²) in [5.74, 6) is -8.33. The Bertz CT molecular complexity index is 1420. The number of aryl methyl sites for hydroxylation is 1. The lowest BCUT2D eigenvalue weighted by molar-refractivity contribution is -0.141. The van der Waals surface area contributed by atoms with Gasteiger partial charge in [0, 0.05) is 17.3 Å². The maximum Gasteiger partial charge on any atom is 0.333 e. The number of aromatic nitrogens is 5. The topological polar surface area (TPSA) is 103 Å². The molecule has 3 aromatic heterocycles. The Kier molecular flexibility index (Phi) is 5.62. The lowest BCUT2D eigenvalue weighted by Gasteiger charge is -2.37. The lowest BCUT2D eigenvalue weighted by Crippen LogP contribution is -2.57. The molecule has 1 aromatic carbocycles. The monoisotopic (exact) mass is 506 g/mol. The van der Waals surface area contributed by atoms with E-state index in [1.165, 1.54) is 17.2 Å². The van der Waals surface area contributed by atoms with Gasteiger partial charge in [-0.25, -0.2) is 22.7 Å². The van der Waals surface area contributed by atoms with Crippen LogP contribution >= 0.6 is 0 Å². The second kappa shape index (κ2) is 8.55. The second-order valence-corrected chi connectivity index (χ2v) is 8.53. The smallest absolute Gasteiger partial charge is 0.324 e. The lowest BCUT2D eigenvalue weighted by atomic mass is 10.1. The molecule has 9 nitrogen and oxygen atoms in total. The number of fused-ring (bicyclic) bond motifs is 1. The van der Waals surface area contributed by atoms with Gasteiger partial charge in [-0.05, 0) is 37.3 Å². The number of hydrogen-bond donors (Lipinski definition) is 3. The number of aromatic amines is 1. The minimum Gasteiger partial charge on any atom is -0.324 e. The first kappa shape index (κ1) is 23.7. The summed E-state index contributed by atoms with van der Waals surface area (Å²) in [6, 6.07) is 6.77. The number of carbonyl (C=O) groups is 1. The Morgan fingerprint density at radius 1 is 1.19 bits per heavy atom. The maximum atomic E-state index is 15.3. The van der Waals surface area contributed by atoms with Crippen LogP contribution in [0.15, 0.2) is 42.6 Å². The third-order valence-corrected chi connectivity index (χ3v) is 5.46. The molecule has 4 heterocycles. The molecule has 4 aromatic rings. The van der Waals surface area contributed by atoms with Crippen LogP contribution in [-0.4, -0.2) is 61.2 Å². The minimum absolute atomic E-state index is 0.0313. The standard InChI is InChI=1S/C22H19F5N8O/c1-12-6-17(32-31-12)29-19-16-7-15(28-18(36)9-34-10-21(24,25)11-34)8-35(16)33-20(30-19)22(26,27)13-2-4-14(23)5-3-13/h2-8H,9-11H2,1H3,(H,28,36)(H2,29,30,31,32,33). The van der Waals surface area contributed by atoms with Crippen LogP contribution in [-0.2, 0) is 10.7 Å². The minimum atomic E-state index is -3.68. The van der Waals surface area contributed by atoms with E-state index in [1.807, 2.05) is 0 Å². The normalized spacial score (nSPS) is 15.6. The zero-order valence-electron chi connectivity index (χ0n) is 18.7. The summed E-state index contributed by atoms with van der Waals surface area (Å²) < 4.78 is 71.0. The van der Waals surface area contributed by atoms with Crippen molar-refractivity contribution in [2.75, 3.05) is 30.3 Å². The highest BCUT2D eigenvalue weighted by Crippen LogP contribution is 2.35. The largest absolute Gasteiger partial charge is 0.333 e. The Morgan fingerprint density at radius 3 is 2.56 bits per heavy atom. The molecule has 0 atom stereocenters. The van der Waals surface area contributed by atoms with Crippen molar-refractivity contribution >= 4 is 28.7 Å². The number of hydrogen-bond acceptors (Lipinski definition) is 6. The molecule has 3 N–H and O–H groups in total. The van der Waals surface area contributed by atoms with Crippen LogP contribution in [0.25, 0.3) is 5.52 Å². The molecule has 1 saturated heterocycles. The summed E-state index contributed by atoms with van der Waals surface area (Å²) in [6.45, 7) is 0.477. The van der Waals surface area contributed by atoms with Gasteiger partial charge >= 0.3 is 5.92 Å². The SMILES string of the molecule is Cc1cc(Nc2nc(C(F)(F)c3ccc(F)cc3)nn3cc(NC(=O)CN4CC(F)(F)C4)cc23)n[nH]1. The zero-order chi connectivity index (χ0) is 25.7. The van der Waals surface area contributed by atoms with Gasteiger partial charge in [0.2, 0.25) is 11.7 Å². The highest BCUT2D eigenvalue weighted by atomic mass is 19.3. The van der Waals surface area contributed by atoms with Crippen molar-refractivity contribution in [1.29, 1.82) is 0 Å². The number of amides is 1. The molecule has 1 fully saturated rings. The van der Waals surface area contributed by atoms with Crippen LogP contribution in [0, 0.1) is 12.7 Å². The predicted molar refractivity (Wildman–Crippen MR) is 119 cm³/mol. The Morgan fingerprint density at radius 2 is 1.92 bits per heavy atom. The molecule has 188 valence electrons. The van der Waals surface area contributed by atoms with E-state index in [0.717, 1.165) is 28.8 Å². The van der Waals surface area contributed by atoms with Crippen LogP contribution in [0.1, 0.15) is 17.1 Å². The van der Waals surface area contributed by atoms with Crippen molar-refractivity contribution < 1.29 is 26.7 Å². The van der Waals surface area contributed by atoms with Gasteiger partial charge in [-0.3, -0.25) is 14.8 Å². The van der Waals surface area contributed by atoms with E-state index in [2.05, 4.69) is 30.9 Å². The van der Waals surface area contributed by atoms with Gasteiger partial charge in [-0.15, -0.1) is 5.10 Å². The van der Waals surface area contributed by atoms with E-state index in [-0.39, 0.29) is 23.6 Å². The molecule has 0 unspecified atom stereocenters. The number of halogens is 5. The number of alkyl halides is 4. The molecule has 0 spiro atoms. The fourth-order valence-electron chi connectivity index (χ4n) is 3.81. The van der Waals surface area contributed by atoms with Gasteiger partial charge < -0.3 is 10.6 Å². The number of nitrogens with one attached hydrogen (secondary N) is 3. The van der Waals surface area contributed by atoms with Crippen molar-refractivity contribution in [2.24, 2.45) is 0 Å². The number of H-pyrrole nitrogens is 1. The van der Waals surface area contributed by atoms with Gasteiger partial charge in [0.15, 0.2) is 11.6 Å². The van der Waals surface area contributed by atoms with E-state index in [9.17, 15) is 18.0 Å². The van der Waals surface area contributed by atoms with Crippen molar-refractivity contribution in [1.82, 2.24) is 29.7 Å². The fraction of sp³-hybridized carbons (Fsp3) is 0.273. The predicted octanol–water partition coefficient (Wildman–Crippen LogP) is 3.67. The molecule has 0 saturated carbocycles. The van der Waals surface area contributed by atoms with Crippen LogP contribution in [0.5, 0.6) is 0 Å². The molecule has 0 radical (unpaired) electrons. The van der Waals surface area contributed by atoms with Crippen LogP contribution in [0.4, 0.5) is 39.3 Å². The van der Waals surface area contributed by atoms with Crippen molar-refractivity contribution in [3.63, 3.8) is 0 Å². The summed E-state index contributed by atoms with van der Waals surface area (Å²) in [5.41, 5.74) is 0.626. The zero-order valence-corrected chi connectivity index (χ0v) is 18.7. The van der Waals surface area contributed by atoms with E-state index >= 15 is 8.78 Å². The fourth-order valence-corrected chi connectivity index (χ4v) is 3.81. The molecule has 1 amide bonds. The van der Waals surface area contributed by atoms with Gasteiger partial charge in [0.05, 0.1) is 31.5 Å². The number of benzene rings is 1. The number of nitrogens with zero attached hydrogens (tertiary/aromatic N) is 5. The third kappa shape index (κ3) is 4.71. The molecular formula is C22H19F5N8O. The molecule has 0 bridgehead atoms. The summed E-state index contributed by atoms with van der Waals surface area (Å²) >= 11 is 0. The van der Waals surface area contributed by atoms with E-state index < -0.39 is 48.0 Å². The first-order valence-corrected chi connectivity index (χ1v) is 10.7. The van der Waals surface area contributed by atoms with Crippen LogP contribution in [0.2, 0.25) is 0 Å². The average Bonchev–Trinajstić information content (AvgIpc) is 3.38. The van der Waals surface area contributed by atoms with Crippen LogP contribution < -0.4 is 10.6 Å². The van der Waals surface area contributed by atoms with E-state index in [4.69, 9.17) is 0 Å². The van der Waals surface area contributed by atoms with E-state index in [0.29, 0.717) is 11.5 Å². The number of rotatable bonds is 7. The number of anilines is 3. The Hall–Kier alpha value is -4.07. The molecule has 5 rings (SSSR count). The van der Waals surface area contributed by atoms with E-state index in [1.54, 1.807) is 13.0 Å². The summed E-state index contributed by atoms with van der Waals surface area (Å²) in [6.07, 6.45) is 1.30. The van der Waals surface area contributed by atoms with Crippen molar-refractivity contribution in [2.45, 2.75) is 18.8 Å². The molecule has 1 aliphatic heterocycles. The van der Waals surface area contributed by atoms with Gasteiger partial charge in [0.25, 0.3) is 5.92 Å². The molecule has 14 heteroatoms.